The van der Waals surface area contributed by atoms with Crippen LogP contribution < -0.4 is 11.3 Å². The molecule has 0 aromatic carbocycles. The van der Waals surface area contributed by atoms with Crippen LogP contribution in [0.1, 0.15) is 20.3 Å². The summed E-state index contributed by atoms with van der Waals surface area (Å²) in [4.78, 5) is 3.64. The molecule has 0 bridgehead atoms. The third-order valence-electron chi connectivity index (χ3n) is 0.949. The third-order valence-corrected chi connectivity index (χ3v) is 0.949. The molecule has 0 aliphatic rings. The molecule has 6 heteroatoms. The van der Waals surface area contributed by atoms with Crippen LogP contribution in [0, 0.1) is 0 Å². The second-order valence-electron chi connectivity index (χ2n) is 2.61. The summed E-state index contributed by atoms with van der Waals surface area (Å²) in [5, 5.41) is 0. The Bertz CT molecular complexity index is 162. The quantitative estimate of drug-likeness (QED) is 0.292. The third kappa shape index (κ3) is 5.96. The van der Waals surface area contributed by atoms with E-state index in [0.717, 1.165) is 0 Å². The zero-order valence-corrected chi connectivity index (χ0v) is 6.94. The van der Waals surface area contributed by atoms with E-state index in [0.29, 0.717) is 0 Å². The van der Waals surface area contributed by atoms with Gasteiger partial charge in [-0.2, -0.15) is 13.2 Å². The first-order valence-electron chi connectivity index (χ1n) is 3.45. The fourth-order valence-electron chi connectivity index (χ4n) is 0.635. The van der Waals surface area contributed by atoms with Gasteiger partial charge in [-0.25, -0.2) is 5.84 Å². The minimum atomic E-state index is -4.26. The zero-order chi connectivity index (χ0) is 9.78. The fourth-order valence-corrected chi connectivity index (χ4v) is 0.635. The number of amidine groups is 1. The molecule has 0 saturated carbocycles. The first-order chi connectivity index (χ1) is 5.35. The van der Waals surface area contributed by atoms with Gasteiger partial charge in [0.1, 0.15) is 12.3 Å². The van der Waals surface area contributed by atoms with Crippen molar-refractivity contribution < 1.29 is 13.2 Å². The second kappa shape index (κ2) is 4.30. The van der Waals surface area contributed by atoms with E-state index in [1.54, 1.807) is 13.8 Å². The van der Waals surface area contributed by atoms with Gasteiger partial charge in [0.25, 0.3) is 0 Å². The number of nitrogens with zero attached hydrogens (tertiary/aromatic N) is 1. The number of hydrogen-bond acceptors (Lipinski definition) is 2. The number of halogens is 3. The molecule has 72 valence electrons. The summed E-state index contributed by atoms with van der Waals surface area (Å²) >= 11 is 0. The zero-order valence-electron chi connectivity index (χ0n) is 6.94. The summed E-state index contributed by atoms with van der Waals surface area (Å²) < 4.78 is 35.3. The summed E-state index contributed by atoms with van der Waals surface area (Å²) in [6, 6.07) is -0.196. The van der Waals surface area contributed by atoms with Crippen LogP contribution in [0.2, 0.25) is 0 Å². The van der Waals surface area contributed by atoms with Gasteiger partial charge in [0.2, 0.25) is 0 Å². The molecular weight excluding hydrogens is 171 g/mol. The first kappa shape index (κ1) is 11.2. The molecule has 0 aliphatic heterocycles. The molecule has 0 unspecified atom stereocenters. The first-order valence-corrected chi connectivity index (χ1v) is 3.45. The van der Waals surface area contributed by atoms with Crippen LogP contribution in [0.3, 0.4) is 0 Å². The molecule has 0 saturated heterocycles. The van der Waals surface area contributed by atoms with Gasteiger partial charge in [0, 0.05) is 6.04 Å². The molecule has 0 aromatic heterocycles. The van der Waals surface area contributed by atoms with Crippen molar-refractivity contribution in [2.24, 2.45) is 10.8 Å². The monoisotopic (exact) mass is 183 g/mol. The van der Waals surface area contributed by atoms with Crippen LogP contribution in [-0.2, 0) is 0 Å². The van der Waals surface area contributed by atoms with Gasteiger partial charge in [-0.15, -0.1) is 0 Å². The highest BCUT2D eigenvalue weighted by Gasteiger charge is 2.29. The van der Waals surface area contributed by atoms with E-state index in [9.17, 15) is 13.2 Å². The van der Waals surface area contributed by atoms with Gasteiger partial charge >= 0.3 is 6.18 Å². The lowest BCUT2D eigenvalue weighted by Crippen LogP contribution is -2.34. The van der Waals surface area contributed by atoms with Gasteiger partial charge in [-0.3, -0.25) is 4.99 Å². The predicted molar refractivity (Wildman–Crippen MR) is 40.6 cm³/mol. The van der Waals surface area contributed by atoms with E-state index in [1.807, 2.05) is 5.43 Å². The van der Waals surface area contributed by atoms with Gasteiger partial charge in [0.15, 0.2) is 0 Å². The van der Waals surface area contributed by atoms with Crippen LogP contribution in [0.5, 0.6) is 0 Å². The Morgan fingerprint density at radius 1 is 1.50 bits per heavy atom. The summed E-state index contributed by atoms with van der Waals surface area (Å²) in [7, 11) is 0. The predicted octanol–water partition coefficient (Wildman–Crippen LogP) is 1.21. The molecule has 0 radical (unpaired) electrons. The Labute approximate surface area is 68.8 Å². The van der Waals surface area contributed by atoms with E-state index in [-0.39, 0.29) is 11.9 Å². The van der Waals surface area contributed by atoms with Crippen molar-refractivity contribution in [2.45, 2.75) is 32.5 Å². The van der Waals surface area contributed by atoms with Gasteiger partial charge in [-0.1, -0.05) is 0 Å². The fraction of sp³-hybridized carbons (Fsp3) is 0.833. The molecule has 0 atom stereocenters. The summed E-state index contributed by atoms with van der Waals surface area (Å²) in [5.74, 6) is 4.61. The maximum absolute atomic E-state index is 11.8. The second-order valence-corrected chi connectivity index (χ2v) is 2.61. The summed E-state index contributed by atoms with van der Waals surface area (Å²) in [6.07, 6.45) is -5.37. The minimum absolute atomic E-state index is 0.196. The van der Waals surface area contributed by atoms with Crippen molar-refractivity contribution in [3.8, 4) is 0 Å². The Morgan fingerprint density at radius 2 is 2.00 bits per heavy atom. The number of nitrogens with one attached hydrogen (secondary N) is 1. The largest absolute Gasteiger partial charge is 0.396 e. The SMILES string of the molecule is CC(C)N=C(CC(F)(F)F)NN. The highest BCUT2D eigenvalue weighted by atomic mass is 19.4. The van der Waals surface area contributed by atoms with Gasteiger partial charge < -0.3 is 5.43 Å². The standard InChI is InChI=1S/C6H12F3N3/c1-4(2)11-5(12-10)3-6(7,8)9/h4H,3,10H2,1-2H3,(H,11,12). The lowest BCUT2D eigenvalue weighted by atomic mass is 10.3. The number of hydrogen-bond donors (Lipinski definition) is 2. The molecule has 0 heterocycles. The molecule has 3 N–H and O–H groups in total. The van der Waals surface area contributed by atoms with E-state index >= 15 is 0 Å². The molecule has 0 aromatic rings. The van der Waals surface area contributed by atoms with Crippen molar-refractivity contribution in [1.29, 1.82) is 0 Å². The normalized spacial score (nSPS) is 13.8. The van der Waals surface area contributed by atoms with Crippen molar-refractivity contribution in [3.05, 3.63) is 0 Å². The molecule has 0 rings (SSSR count). The summed E-state index contributed by atoms with van der Waals surface area (Å²) in [5.41, 5.74) is 1.92. The van der Waals surface area contributed by atoms with Crippen molar-refractivity contribution in [2.75, 3.05) is 0 Å². The molecule has 0 fully saturated rings. The van der Waals surface area contributed by atoms with Gasteiger partial charge in [-0.05, 0) is 13.8 Å². The van der Waals surface area contributed by atoms with Crippen LogP contribution in [-0.4, -0.2) is 18.1 Å². The van der Waals surface area contributed by atoms with E-state index in [1.165, 1.54) is 0 Å². The Morgan fingerprint density at radius 3 is 2.25 bits per heavy atom. The number of rotatable bonds is 2. The van der Waals surface area contributed by atoms with Crippen LogP contribution in [0.25, 0.3) is 0 Å². The van der Waals surface area contributed by atoms with Gasteiger partial charge in [0.05, 0.1) is 0 Å². The molecule has 0 spiro atoms. The van der Waals surface area contributed by atoms with Crippen molar-refractivity contribution >= 4 is 5.84 Å². The lowest BCUT2D eigenvalue weighted by molar-refractivity contribution is -0.121. The number of aliphatic imine (C=N–C) groups is 1. The highest BCUT2D eigenvalue weighted by molar-refractivity contribution is 5.82. The van der Waals surface area contributed by atoms with Crippen LogP contribution in [0.4, 0.5) is 13.2 Å². The smallest absolute Gasteiger partial charge is 0.312 e. The van der Waals surface area contributed by atoms with E-state index in [4.69, 9.17) is 5.84 Å². The Kier molecular flexibility index (Phi) is 4.02. The molecule has 12 heavy (non-hydrogen) atoms. The van der Waals surface area contributed by atoms with E-state index in [2.05, 4.69) is 4.99 Å². The minimum Gasteiger partial charge on any atom is -0.312 e. The van der Waals surface area contributed by atoms with Crippen LogP contribution >= 0.6 is 0 Å². The molecule has 3 nitrogen and oxygen atoms in total. The van der Waals surface area contributed by atoms with Crippen molar-refractivity contribution in [3.63, 3.8) is 0 Å². The van der Waals surface area contributed by atoms with Crippen LogP contribution in [0.15, 0.2) is 4.99 Å². The lowest BCUT2D eigenvalue weighted by Gasteiger charge is -2.09. The highest BCUT2D eigenvalue weighted by Crippen LogP contribution is 2.19. The maximum atomic E-state index is 11.8. The Balaban J connectivity index is 4.18. The maximum Gasteiger partial charge on any atom is 0.396 e. The number of alkyl halides is 3. The number of nitrogens with two attached hydrogens (primary N) is 1. The molecule has 0 aliphatic carbocycles. The Hall–Kier alpha value is -0.780. The topological polar surface area (TPSA) is 50.4 Å². The summed E-state index contributed by atoms with van der Waals surface area (Å²) in [6.45, 7) is 3.35. The average molecular weight is 183 g/mol. The van der Waals surface area contributed by atoms with E-state index < -0.39 is 12.6 Å². The van der Waals surface area contributed by atoms with Crippen molar-refractivity contribution in [1.82, 2.24) is 5.43 Å². The molecule has 0 amide bonds. The number of hydrazine groups is 1. The molecular formula is C6H12F3N3. The average Bonchev–Trinajstić information content (AvgIpc) is 1.82.